The van der Waals surface area contributed by atoms with Crippen LogP contribution >= 0.6 is 11.6 Å². The van der Waals surface area contributed by atoms with Crippen LogP contribution in [-0.2, 0) is 6.42 Å². The van der Waals surface area contributed by atoms with Gasteiger partial charge in [0.15, 0.2) is 5.82 Å². The highest BCUT2D eigenvalue weighted by molar-refractivity contribution is 6.29. The van der Waals surface area contributed by atoms with Gasteiger partial charge in [-0.25, -0.2) is 9.97 Å². The fraction of sp³-hybridized carbons (Fsp3) is 0.720. The molecule has 1 aliphatic carbocycles. The van der Waals surface area contributed by atoms with Gasteiger partial charge in [-0.2, -0.15) is 0 Å². The molecule has 2 aliphatic rings. The minimum atomic E-state index is 0.463. The molecule has 0 aromatic carbocycles. The lowest BCUT2D eigenvalue weighted by Gasteiger charge is -2.25. The highest BCUT2D eigenvalue weighted by Gasteiger charge is 2.23. The van der Waals surface area contributed by atoms with Gasteiger partial charge in [0.2, 0.25) is 0 Å². The number of rotatable bonds is 9. The second-order valence-corrected chi connectivity index (χ2v) is 9.68. The molecule has 0 spiro atoms. The first-order valence-corrected chi connectivity index (χ1v) is 12.4. The molecular formula is C25H39ClN4. The first-order chi connectivity index (χ1) is 14.5. The predicted octanol–water partition coefficient (Wildman–Crippen LogP) is 6.61. The van der Waals surface area contributed by atoms with E-state index in [1.165, 1.54) is 57.1 Å². The highest BCUT2D eigenvalue weighted by Crippen LogP contribution is 2.33. The van der Waals surface area contributed by atoms with Crippen LogP contribution in [0.5, 0.6) is 0 Å². The molecule has 3 rings (SSSR count). The zero-order chi connectivity index (χ0) is 21.5. The number of likely N-dealkylation sites (tertiary alicyclic amines) is 1. The van der Waals surface area contributed by atoms with E-state index < -0.39 is 0 Å². The average molecular weight is 431 g/mol. The average Bonchev–Trinajstić information content (AvgIpc) is 3.17. The minimum Gasteiger partial charge on any atom is -0.303 e. The molecule has 1 N–H and O–H groups in total. The Balaban J connectivity index is 1.80. The third-order valence-electron chi connectivity index (χ3n) is 7.15. The number of hydrogen-bond donors (Lipinski definition) is 1. The molecule has 0 amide bonds. The van der Waals surface area contributed by atoms with Gasteiger partial charge in [-0.3, -0.25) is 5.41 Å². The van der Waals surface area contributed by atoms with Gasteiger partial charge in [0.25, 0.3) is 0 Å². The molecule has 2 fully saturated rings. The fourth-order valence-corrected chi connectivity index (χ4v) is 5.36. The molecule has 5 heteroatoms. The molecule has 0 unspecified atom stereocenters. The van der Waals surface area contributed by atoms with Crippen LogP contribution in [0.15, 0.2) is 17.2 Å². The maximum Gasteiger partial charge on any atom is 0.179 e. The number of nitrogens with one attached hydrogen (secondary N) is 1. The third-order valence-corrected chi connectivity index (χ3v) is 7.35. The van der Waals surface area contributed by atoms with Crippen molar-refractivity contribution in [1.82, 2.24) is 14.9 Å². The van der Waals surface area contributed by atoms with E-state index in [-0.39, 0.29) is 0 Å². The number of nitrogens with zero attached hydrogens (tertiary/aromatic N) is 3. The number of aromatic nitrogens is 2. The summed E-state index contributed by atoms with van der Waals surface area (Å²) in [6, 6.07) is 2.52. The number of allylic oxidation sites excluding steroid dienone is 2. The van der Waals surface area contributed by atoms with Gasteiger partial charge in [-0.1, -0.05) is 49.8 Å². The first kappa shape index (κ1) is 23.4. The van der Waals surface area contributed by atoms with Crippen LogP contribution in [0, 0.1) is 11.3 Å². The van der Waals surface area contributed by atoms with E-state index in [9.17, 15) is 0 Å². The molecule has 166 valence electrons. The van der Waals surface area contributed by atoms with Gasteiger partial charge >= 0.3 is 0 Å². The Morgan fingerprint density at radius 1 is 1.17 bits per heavy atom. The second-order valence-electron chi connectivity index (χ2n) is 9.30. The zero-order valence-corrected chi connectivity index (χ0v) is 19.9. The summed E-state index contributed by atoms with van der Waals surface area (Å²) in [5.41, 5.74) is 4.02. The normalized spacial score (nSPS) is 21.7. The minimum absolute atomic E-state index is 0.463. The Morgan fingerprint density at radius 2 is 1.93 bits per heavy atom. The van der Waals surface area contributed by atoms with Crippen LogP contribution < -0.4 is 0 Å². The second kappa shape index (κ2) is 11.4. The highest BCUT2D eigenvalue weighted by atomic mass is 35.5. The zero-order valence-electron chi connectivity index (χ0n) is 19.1. The largest absolute Gasteiger partial charge is 0.303 e. The molecule has 0 radical (unpaired) electrons. The number of hydrogen-bond acceptors (Lipinski definition) is 4. The van der Waals surface area contributed by atoms with Crippen molar-refractivity contribution in [3.8, 4) is 0 Å². The summed E-state index contributed by atoms with van der Waals surface area (Å²) in [6.07, 6.45) is 14.2. The van der Waals surface area contributed by atoms with Crippen molar-refractivity contribution in [3.63, 3.8) is 0 Å². The van der Waals surface area contributed by atoms with Gasteiger partial charge < -0.3 is 4.90 Å². The SMILES string of the molecule is CCCC/C(C(=N)c1nc(Cl)cc(CC[C@@H]2CCCN2C)n1)=C(/C)C1CCCCC1. The third kappa shape index (κ3) is 6.13. The quantitative estimate of drug-likeness (QED) is 0.354. The van der Waals surface area contributed by atoms with E-state index in [1.807, 2.05) is 6.07 Å². The van der Waals surface area contributed by atoms with E-state index in [0.29, 0.717) is 28.6 Å². The lowest BCUT2D eigenvalue weighted by Crippen LogP contribution is -2.25. The van der Waals surface area contributed by atoms with Crippen LogP contribution in [0.3, 0.4) is 0 Å². The van der Waals surface area contributed by atoms with Crippen molar-refractivity contribution in [2.75, 3.05) is 13.6 Å². The molecule has 1 saturated heterocycles. The van der Waals surface area contributed by atoms with Crippen molar-refractivity contribution in [2.45, 2.75) is 96.9 Å². The van der Waals surface area contributed by atoms with Crippen LogP contribution in [0.4, 0.5) is 0 Å². The standard InChI is InChI=1S/C25H39ClN4/c1-4-5-13-22(18(2)19-10-7-6-8-11-19)24(27)25-28-20(17-23(26)29-25)14-15-21-12-9-16-30(21)3/h17,19,21,27H,4-16H2,1-3H3/b22-18+,27-24?/t21-/m0/s1. The molecule has 1 aliphatic heterocycles. The Kier molecular flexibility index (Phi) is 8.88. The fourth-order valence-electron chi connectivity index (χ4n) is 5.15. The van der Waals surface area contributed by atoms with E-state index in [2.05, 4.69) is 30.8 Å². The van der Waals surface area contributed by atoms with Crippen LogP contribution in [0.1, 0.15) is 96.0 Å². The van der Waals surface area contributed by atoms with E-state index in [1.54, 1.807) is 0 Å². The first-order valence-electron chi connectivity index (χ1n) is 12.0. The Hall–Kier alpha value is -1.26. The van der Waals surface area contributed by atoms with Gasteiger partial charge in [-0.05, 0) is 89.4 Å². The van der Waals surface area contributed by atoms with Crippen LogP contribution in [0.2, 0.25) is 5.15 Å². The summed E-state index contributed by atoms with van der Waals surface area (Å²) in [6.45, 7) is 5.65. The predicted molar refractivity (Wildman–Crippen MR) is 127 cm³/mol. The topological polar surface area (TPSA) is 52.9 Å². The number of halogens is 1. The molecule has 0 bridgehead atoms. The van der Waals surface area contributed by atoms with Crippen molar-refractivity contribution >= 4 is 17.3 Å². The lowest BCUT2D eigenvalue weighted by atomic mass is 9.80. The molecule has 4 nitrogen and oxygen atoms in total. The maximum atomic E-state index is 8.99. The summed E-state index contributed by atoms with van der Waals surface area (Å²) in [7, 11) is 2.21. The Labute approximate surface area is 188 Å². The molecule has 1 aromatic rings. The summed E-state index contributed by atoms with van der Waals surface area (Å²) < 4.78 is 0. The molecular weight excluding hydrogens is 392 g/mol. The van der Waals surface area contributed by atoms with E-state index in [0.717, 1.165) is 43.4 Å². The van der Waals surface area contributed by atoms with Crippen LogP contribution in [-0.4, -0.2) is 40.2 Å². The van der Waals surface area contributed by atoms with Crippen molar-refractivity contribution < 1.29 is 0 Å². The molecule has 1 saturated carbocycles. The lowest BCUT2D eigenvalue weighted by molar-refractivity contribution is 0.296. The Bertz CT molecular complexity index is 752. The summed E-state index contributed by atoms with van der Waals surface area (Å²) in [5.74, 6) is 1.13. The van der Waals surface area contributed by atoms with Gasteiger partial charge in [0.1, 0.15) is 10.9 Å². The smallest absolute Gasteiger partial charge is 0.179 e. The van der Waals surface area contributed by atoms with Crippen molar-refractivity contribution in [2.24, 2.45) is 5.92 Å². The van der Waals surface area contributed by atoms with Gasteiger partial charge in [0.05, 0.1) is 0 Å². The summed E-state index contributed by atoms with van der Waals surface area (Å²) >= 11 is 6.38. The monoisotopic (exact) mass is 430 g/mol. The van der Waals surface area contributed by atoms with Crippen LogP contribution in [0.25, 0.3) is 0 Å². The maximum absolute atomic E-state index is 8.99. The molecule has 1 atom stereocenters. The number of unbranched alkanes of at least 4 members (excludes halogenated alkanes) is 1. The van der Waals surface area contributed by atoms with Gasteiger partial charge in [-0.15, -0.1) is 0 Å². The number of aryl methyl sites for hydroxylation is 1. The molecule has 30 heavy (non-hydrogen) atoms. The Morgan fingerprint density at radius 3 is 2.60 bits per heavy atom. The summed E-state index contributed by atoms with van der Waals surface area (Å²) in [5, 5.41) is 9.45. The van der Waals surface area contributed by atoms with E-state index >= 15 is 0 Å². The van der Waals surface area contributed by atoms with E-state index in [4.69, 9.17) is 22.0 Å². The molecule has 1 aromatic heterocycles. The van der Waals surface area contributed by atoms with Crippen molar-refractivity contribution in [1.29, 1.82) is 5.41 Å². The summed E-state index contributed by atoms with van der Waals surface area (Å²) in [4.78, 5) is 11.7. The molecule has 2 heterocycles. The van der Waals surface area contributed by atoms with Gasteiger partial charge in [0, 0.05) is 11.7 Å². The van der Waals surface area contributed by atoms with Crippen molar-refractivity contribution in [3.05, 3.63) is 33.9 Å².